The fourth-order valence-electron chi connectivity index (χ4n) is 6.81. The van der Waals surface area contributed by atoms with Gasteiger partial charge in [-0.05, 0) is 78.2 Å². The number of pyridine rings is 3. The van der Waals surface area contributed by atoms with Crippen molar-refractivity contribution < 1.29 is 33.6 Å². The summed E-state index contributed by atoms with van der Waals surface area (Å²) in [6.07, 6.45) is 7.72. The Kier molecular flexibility index (Phi) is 10.2. The van der Waals surface area contributed by atoms with E-state index < -0.39 is 5.97 Å². The maximum atomic E-state index is 13.4. The molecule has 1 saturated carbocycles. The number of nitrogens with zero attached hydrogens (tertiary/aromatic N) is 6. The highest BCUT2D eigenvalue weighted by Gasteiger charge is 2.44. The number of ether oxygens (including phenoxy) is 4. The van der Waals surface area contributed by atoms with Gasteiger partial charge in [-0.3, -0.25) is 9.48 Å². The van der Waals surface area contributed by atoms with Crippen LogP contribution in [0, 0.1) is 12.8 Å². The predicted molar refractivity (Wildman–Crippen MR) is 206 cm³/mol. The van der Waals surface area contributed by atoms with E-state index >= 15 is 0 Å². The second-order valence-corrected chi connectivity index (χ2v) is 13.4. The van der Waals surface area contributed by atoms with E-state index in [4.69, 9.17) is 28.9 Å². The molecule has 4 aromatic heterocycles. The van der Waals surface area contributed by atoms with Crippen molar-refractivity contribution in [3.8, 4) is 34.3 Å². The van der Waals surface area contributed by atoms with E-state index in [0.29, 0.717) is 69.9 Å². The zero-order valence-electron chi connectivity index (χ0n) is 31.4. The summed E-state index contributed by atoms with van der Waals surface area (Å²) in [5.41, 5.74) is 4.59. The Morgan fingerprint density at radius 2 is 1.55 bits per heavy atom. The third-order valence-corrected chi connectivity index (χ3v) is 9.84. The lowest BCUT2D eigenvalue weighted by Gasteiger charge is -2.28. The van der Waals surface area contributed by atoms with Gasteiger partial charge in [-0.2, -0.15) is 5.10 Å². The van der Waals surface area contributed by atoms with E-state index in [-0.39, 0.29) is 23.4 Å². The van der Waals surface area contributed by atoms with E-state index in [1.165, 1.54) is 12.3 Å². The highest BCUT2D eigenvalue weighted by molar-refractivity contribution is 5.99. The number of hydrogen-bond acceptors (Lipinski definition) is 11. The van der Waals surface area contributed by atoms with Crippen molar-refractivity contribution in [3.63, 3.8) is 0 Å². The minimum atomic E-state index is -1.12. The van der Waals surface area contributed by atoms with Crippen LogP contribution < -0.4 is 29.2 Å². The number of hydrogen-bond donors (Lipinski definition) is 2. The molecule has 0 bridgehead atoms. The lowest BCUT2D eigenvalue weighted by atomic mass is 10.0. The molecule has 282 valence electrons. The molecular formula is C41H41N7O7. The number of carbonyl (C=O) groups excluding carboxylic acids is 1. The molecule has 6 aromatic rings. The van der Waals surface area contributed by atoms with Crippen LogP contribution in [0.1, 0.15) is 45.1 Å². The van der Waals surface area contributed by atoms with E-state index in [1.54, 1.807) is 45.5 Å². The normalized spacial score (nSPS) is 14.7. The Morgan fingerprint density at radius 3 is 2.11 bits per heavy atom. The highest BCUT2D eigenvalue weighted by atomic mass is 16.5. The summed E-state index contributed by atoms with van der Waals surface area (Å²) >= 11 is 0. The molecule has 7 rings (SSSR count). The number of anilines is 2. The average molecular weight is 744 g/mol. The molecule has 0 spiro atoms. The summed E-state index contributed by atoms with van der Waals surface area (Å²) in [7, 11) is 8.29. The maximum Gasteiger partial charge on any atom is 0.354 e. The van der Waals surface area contributed by atoms with Crippen molar-refractivity contribution in [1.29, 1.82) is 0 Å². The molecule has 0 saturated heterocycles. The highest BCUT2D eigenvalue weighted by Crippen LogP contribution is 2.48. The minimum Gasteiger partial charge on any atom is -0.497 e. The van der Waals surface area contributed by atoms with Gasteiger partial charge >= 0.3 is 5.97 Å². The van der Waals surface area contributed by atoms with Crippen molar-refractivity contribution >= 4 is 34.3 Å². The number of fused-ring (bicyclic) bond motifs is 1. The molecule has 14 nitrogen and oxygen atoms in total. The van der Waals surface area contributed by atoms with Gasteiger partial charge in [0.15, 0.2) is 0 Å². The van der Waals surface area contributed by atoms with Gasteiger partial charge in [0, 0.05) is 78.9 Å². The fraction of sp³-hybridized carbons (Fsp3) is 0.268. The Labute approximate surface area is 317 Å². The number of rotatable bonds is 14. The number of carboxylic acid groups (broad SMARTS) is 1. The Balaban J connectivity index is 1.35. The van der Waals surface area contributed by atoms with Gasteiger partial charge in [0.05, 0.1) is 40.3 Å². The lowest BCUT2D eigenvalue weighted by Crippen LogP contribution is -2.24. The number of carbonyl (C=O) groups is 2. The molecule has 2 N–H and O–H groups in total. The first-order valence-corrected chi connectivity index (χ1v) is 17.6. The van der Waals surface area contributed by atoms with Crippen molar-refractivity contribution in [2.24, 2.45) is 13.0 Å². The number of benzene rings is 2. The Morgan fingerprint density at radius 1 is 0.873 bits per heavy atom. The van der Waals surface area contributed by atoms with Crippen LogP contribution in [-0.2, 0) is 24.9 Å². The SMILES string of the molecule is COc1ccc(CN(Cc2ccc(OC)cc2OC)c2nc(-c3cnc(C(=O)O)cc3C)cc3cc(NC(=O)C4CC4c4cnn(C)c4)ncc23)c(OC)c1. The summed E-state index contributed by atoms with van der Waals surface area (Å²) in [4.78, 5) is 41.4. The third-order valence-electron chi connectivity index (χ3n) is 9.84. The fourth-order valence-corrected chi connectivity index (χ4v) is 6.81. The van der Waals surface area contributed by atoms with Crippen LogP contribution in [-0.4, -0.2) is 70.2 Å². The van der Waals surface area contributed by atoms with E-state index in [0.717, 1.165) is 28.5 Å². The molecule has 1 fully saturated rings. The number of aromatic nitrogens is 5. The molecule has 2 unspecified atom stereocenters. The van der Waals surface area contributed by atoms with Crippen LogP contribution in [0.2, 0.25) is 0 Å². The van der Waals surface area contributed by atoms with Gasteiger partial charge in [0.2, 0.25) is 5.91 Å². The molecule has 4 heterocycles. The van der Waals surface area contributed by atoms with E-state index in [2.05, 4.69) is 20.3 Å². The van der Waals surface area contributed by atoms with Gasteiger partial charge in [-0.15, -0.1) is 0 Å². The molecular weight excluding hydrogens is 702 g/mol. The van der Waals surface area contributed by atoms with Crippen molar-refractivity contribution in [2.45, 2.75) is 32.4 Å². The molecule has 14 heteroatoms. The van der Waals surface area contributed by atoms with Gasteiger partial charge in [0.25, 0.3) is 0 Å². The van der Waals surface area contributed by atoms with E-state index in [9.17, 15) is 14.7 Å². The number of amides is 1. The topological polar surface area (TPSA) is 163 Å². The van der Waals surface area contributed by atoms with Gasteiger partial charge < -0.3 is 34.3 Å². The van der Waals surface area contributed by atoms with Gasteiger partial charge in [-0.25, -0.2) is 19.7 Å². The molecule has 0 aliphatic heterocycles. The van der Waals surface area contributed by atoms with Crippen LogP contribution in [0.5, 0.6) is 23.0 Å². The van der Waals surface area contributed by atoms with Crippen LogP contribution >= 0.6 is 0 Å². The Hall–Kier alpha value is -6.70. The summed E-state index contributed by atoms with van der Waals surface area (Å²) in [5, 5.41) is 18.4. The van der Waals surface area contributed by atoms with Crippen LogP contribution in [0.25, 0.3) is 22.0 Å². The lowest BCUT2D eigenvalue weighted by molar-refractivity contribution is -0.117. The average Bonchev–Trinajstić information content (AvgIpc) is 3.89. The second kappa shape index (κ2) is 15.3. The Bertz CT molecular complexity index is 2360. The number of nitrogens with one attached hydrogen (secondary N) is 1. The zero-order chi connectivity index (χ0) is 38.8. The van der Waals surface area contributed by atoms with E-state index in [1.807, 2.05) is 68.7 Å². The minimum absolute atomic E-state index is 0.0686. The maximum absolute atomic E-state index is 13.4. The molecule has 2 atom stereocenters. The molecule has 1 aliphatic rings. The molecule has 1 amide bonds. The summed E-state index contributed by atoms with van der Waals surface area (Å²) in [6, 6.07) is 16.6. The molecule has 55 heavy (non-hydrogen) atoms. The first kappa shape index (κ1) is 36.6. The molecule has 2 aromatic carbocycles. The largest absolute Gasteiger partial charge is 0.497 e. The summed E-state index contributed by atoms with van der Waals surface area (Å²) in [5.74, 6) is 2.23. The van der Waals surface area contributed by atoms with Crippen LogP contribution in [0.15, 0.2) is 79.4 Å². The predicted octanol–water partition coefficient (Wildman–Crippen LogP) is 6.42. The zero-order valence-corrected chi connectivity index (χ0v) is 31.4. The van der Waals surface area contributed by atoms with Crippen LogP contribution in [0.4, 0.5) is 11.6 Å². The van der Waals surface area contributed by atoms with Crippen LogP contribution in [0.3, 0.4) is 0 Å². The number of aromatic carboxylic acids is 1. The van der Waals surface area contributed by atoms with Crippen molar-refractivity contribution in [3.05, 3.63) is 107 Å². The monoisotopic (exact) mass is 743 g/mol. The molecule has 0 radical (unpaired) electrons. The van der Waals surface area contributed by atoms with Crippen molar-refractivity contribution in [1.82, 2.24) is 24.7 Å². The smallest absolute Gasteiger partial charge is 0.354 e. The first-order valence-electron chi connectivity index (χ1n) is 17.6. The number of aryl methyl sites for hydroxylation is 2. The van der Waals surface area contributed by atoms with Crippen molar-refractivity contribution in [2.75, 3.05) is 38.7 Å². The molecule has 1 aliphatic carbocycles. The second-order valence-electron chi connectivity index (χ2n) is 13.4. The summed E-state index contributed by atoms with van der Waals surface area (Å²) in [6.45, 7) is 2.52. The quantitative estimate of drug-likeness (QED) is 0.126. The van der Waals surface area contributed by atoms with Gasteiger partial charge in [-0.1, -0.05) is 0 Å². The number of carboxylic acids is 1. The third kappa shape index (κ3) is 7.70. The standard InChI is InChI=1S/C41H41N7O7/c1-23-11-35(41(50)51)42-18-32(23)34-12-26-13-38(46-40(49)31-16-30(31)27-17-44-47(2)20-27)43-19-33(26)39(45-34)48(21-24-7-9-28(52-3)14-36(24)54-5)22-25-8-10-29(53-4)15-37(25)55-6/h7-15,17-20,30-31H,16,21-22H2,1-6H3,(H,50,51)(H,43,46,49). The first-order chi connectivity index (χ1) is 26.6. The van der Waals surface area contributed by atoms with Gasteiger partial charge in [0.1, 0.15) is 40.3 Å². The number of methoxy groups -OCH3 is 4. The summed E-state index contributed by atoms with van der Waals surface area (Å²) < 4.78 is 24.3.